The molecule has 1 atom stereocenters. The van der Waals surface area contributed by atoms with Crippen LogP contribution in [0.15, 0.2) is 47.9 Å². The molecule has 2 nitrogen and oxygen atoms in total. The first kappa shape index (κ1) is 15.4. The van der Waals surface area contributed by atoms with E-state index in [0.29, 0.717) is 5.56 Å². The molecule has 1 amide bonds. The van der Waals surface area contributed by atoms with E-state index in [9.17, 15) is 9.18 Å². The van der Waals surface area contributed by atoms with E-state index in [2.05, 4.69) is 19.2 Å². The monoisotopic (exact) mass is 303 g/mol. The fourth-order valence-electron chi connectivity index (χ4n) is 2.01. The first-order valence-electron chi connectivity index (χ1n) is 6.84. The van der Waals surface area contributed by atoms with Crippen molar-refractivity contribution in [3.8, 4) is 0 Å². The number of hydrogen-bond donors (Lipinski definition) is 1. The van der Waals surface area contributed by atoms with E-state index in [1.165, 1.54) is 18.2 Å². The fourth-order valence-corrected chi connectivity index (χ4v) is 2.96. The average Bonchev–Trinajstić information content (AvgIpc) is 2.97. The Labute approximate surface area is 128 Å². The molecule has 2 aromatic rings. The van der Waals surface area contributed by atoms with E-state index >= 15 is 0 Å². The highest BCUT2D eigenvalue weighted by molar-refractivity contribution is 7.10. The van der Waals surface area contributed by atoms with Gasteiger partial charge in [0.1, 0.15) is 5.82 Å². The Kier molecular flexibility index (Phi) is 5.28. The van der Waals surface area contributed by atoms with Gasteiger partial charge in [-0.2, -0.15) is 0 Å². The Morgan fingerprint density at radius 1 is 1.24 bits per heavy atom. The van der Waals surface area contributed by atoms with Crippen LogP contribution in [0.3, 0.4) is 0 Å². The lowest BCUT2D eigenvalue weighted by Gasteiger charge is -2.20. The molecule has 0 unspecified atom stereocenters. The highest BCUT2D eigenvalue weighted by Gasteiger charge is 2.18. The molecule has 1 aromatic heterocycles. The van der Waals surface area contributed by atoms with E-state index in [4.69, 9.17) is 0 Å². The van der Waals surface area contributed by atoms with Crippen LogP contribution >= 0.6 is 11.3 Å². The van der Waals surface area contributed by atoms with Crippen LogP contribution in [0, 0.1) is 11.7 Å². The summed E-state index contributed by atoms with van der Waals surface area (Å²) in [6.45, 7) is 4.12. The summed E-state index contributed by atoms with van der Waals surface area (Å²) in [7, 11) is 0. The summed E-state index contributed by atoms with van der Waals surface area (Å²) in [6, 6.07) is 10.3. The number of rotatable bonds is 5. The van der Waals surface area contributed by atoms with E-state index in [1.807, 2.05) is 17.5 Å². The summed E-state index contributed by atoms with van der Waals surface area (Å²) in [5.41, 5.74) is 0.407. The number of nitrogens with one attached hydrogen (secondary N) is 1. The smallest absolute Gasteiger partial charge is 0.244 e. The number of carbonyl (C=O) groups is 1. The zero-order valence-corrected chi connectivity index (χ0v) is 12.9. The van der Waals surface area contributed by atoms with Crippen molar-refractivity contribution in [2.24, 2.45) is 5.92 Å². The molecule has 0 radical (unpaired) electrons. The standard InChI is InChI=1S/C17H18FNOS/c1-12(2)17(15-8-5-11-21-15)19-16(20)10-9-13-6-3-4-7-14(13)18/h3-12,17H,1-2H3,(H,19,20)/b10-9+/t17-/m0/s1. The molecule has 0 saturated heterocycles. The highest BCUT2D eigenvalue weighted by Crippen LogP contribution is 2.25. The van der Waals surface area contributed by atoms with Crippen molar-refractivity contribution in [3.63, 3.8) is 0 Å². The molecule has 1 N–H and O–H groups in total. The van der Waals surface area contributed by atoms with Crippen molar-refractivity contribution in [1.82, 2.24) is 5.32 Å². The molecule has 0 aliphatic carbocycles. The second kappa shape index (κ2) is 7.18. The quantitative estimate of drug-likeness (QED) is 0.814. The van der Waals surface area contributed by atoms with Gasteiger partial charge in [0, 0.05) is 16.5 Å². The van der Waals surface area contributed by atoms with Crippen LogP contribution in [0.4, 0.5) is 4.39 Å². The Bertz CT molecular complexity index is 619. The summed E-state index contributed by atoms with van der Waals surface area (Å²) in [6.07, 6.45) is 2.87. The minimum absolute atomic E-state index is 0.0252. The van der Waals surface area contributed by atoms with Gasteiger partial charge < -0.3 is 5.32 Å². The lowest BCUT2D eigenvalue weighted by molar-refractivity contribution is -0.117. The van der Waals surface area contributed by atoms with Crippen molar-refractivity contribution in [1.29, 1.82) is 0 Å². The van der Waals surface area contributed by atoms with Gasteiger partial charge in [-0.25, -0.2) is 4.39 Å². The summed E-state index contributed by atoms with van der Waals surface area (Å²) < 4.78 is 13.5. The summed E-state index contributed by atoms with van der Waals surface area (Å²) in [4.78, 5) is 13.1. The van der Waals surface area contributed by atoms with Crippen LogP contribution in [-0.4, -0.2) is 5.91 Å². The van der Waals surface area contributed by atoms with Crippen LogP contribution in [0.5, 0.6) is 0 Å². The SMILES string of the molecule is CC(C)[C@H](NC(=O)/C=C/c1ccccc1F)c1cccs1. The van der Waals surface area contributed by atoms with Gasteiger partial charge in [-0.3, -0.25) is 4.79 Å². The van der Waals surface area contributed by atoms with Crippen LogP contribution in [-0.2, 0) is 4.79 Å². The van der Waals surface area contributed by atoms with Gasteiger partial charge in [0.15, 0.2) is 0 Å². The maximum atomic E-state index is 13.5. The molecular weight excluding hydrogens is 285 g/mol. The lowest BCUT2D eigenvalue weighted by Crippen LogP contribution is -2.29. The molecule has 110 valence electrons. The van der Waals surface area contributed by atoms with Crippen LogP contribution < -0.4 is 5.32 Å². The number of benzene rings is 1. The average molecular weight is 303 g/mol. The molecule has 2 rings (SSSR count). The zero-order chi connectivity index (χ0) is 15.2. The number of halogens is 1. The maximum absolute atomic E-state index is 13.5. The van der Waals surface area contributed by atoms with E-state index < -0.39 is 0 Å². The third-order valence-corrected chi connectivity index (χ3v) is 4.09. The Hall–Kier alpha value is -1.94. The first-order valence-corrected chi connectivity index (χ1v) is 7.72. The predicted octanol–water partition coefficient (Wildman–Crippen LogP) is 4.41. The summed E-state index contributed by atoms with van der Waals surface area (Å²) >= 11 is 1.62. The molecule has 4 heteroatoms. The molecule has 1 aromatic carbocycles. The zero-order valence-electron chi connectivity index (χ0n) is 12.0. The van der Waals surface area contributed by atoms with Crippen molar-refractivity contribution in [3.05, 3.63) is 64.1 Å². The largest absolute Gasteiger partial charge is 0.345 e. The second-order valence-electron chi connectivity index (χ2n) is 5.10. The first-order chi connectivity index (χ1) is 10.1. The van der Waals surface area contributed by atoms with Crippen molar-refractivity contribution in [2.75, 3.05) is 0 Å². The van der Waals surface area contributed by atoms with Crippen LogP contribution in [0.1, 0.15) is 30.3 Å². The molecule has 0 aliphatic rings. The molecule has 0 aliphatic heterocycles. The van der Waals surface area contributed by atoms with Crippen LogP contribution in [0.2, 0.25) is 0 Å². The number of amides is 1. The molecule has 0 fully saturated rings. The topological polar surface area (TPSA) is 29.1 Å². The normalized spacial score (nSPS) is 12.8. The molecule has 0 bridgehead atoms. The van der Waals surface area contributed by atoms with E-state index in [0.717, 1.165) is 4.88 Å². The van der Waals surface area contributed by atoms with Gasteiger partial charge in [0.05, 0.1) is 6.04 Å². The number of carbonyl (C=O) groups excluding carboxylic acids is 1. The highest BCUT2D eigenvalue weighted by atomic mass is 32.1. The van der Waals surface area contributed by atoms with Gasteiger partial charge in [-0.05, 0) is 29.5 Å². The van der Waals surface area contributed by atoms with Crippen LogP contribution in [0.25, 0.3) is 6.08 Å². The summed E-state index contributed by atoms with van der Waals surface area (Å²) in [5, 5.41) is 4.96. The van der Waals surface area contributed by atoms with E-state index in [1.54, 1.807) is 29.5 Å². The van der Waals surface area contributed by atoms with Crippen molar-refractivity contribution in [2.45, 2.75) is 19.9 Å². The summed E-state index contributed by atoms with van der Waals surface area (Å²) in [5.74, 6) is -0.264. The number of thiophene rings is 1. The maximum Gasteiger partial charge on any atom is 0.244 e. The van der Waals surface area contributed by atoms with Gasteiger partial charge in [0.25, 0.3) is 0 Å². The lowest BCUT2D eigenvalue weighted by atomic mass is 10.0. The third-order valence-electron chi connectivity index (χ3n) is 3.13. The third kappa shape index (κ3) is 4.26. The molecule has 0 spiro atoms. The molecule has 1 heterocycles. The Morgan fingerprint density at radius 3 is 2.62 bits per heavy atom. The fraction of sp³-hybridized carbons (Fsp3) is 0.235. The minimum Gasteiger partial charge on any atom is -0.345 e. The number of hydrogen-bond acceptors (Lipinski definition) is 2. The Balaban J connectivity index is 2.05. The minimum atomic E-state index is -0.333. The second-order valence-corrected chi connectivity index (χ2v) is 6.08. The molecule has 0 saturated carbocycles. The van der Waals surface area contributed by atoms with E-state index in [-0.39, 0.29) is 23.7 Å². The molecule has 21 heavy (non-hydrogen) atoms. The van der Waals surface area contributed by atoms with Gasteiger partial charge in [-0.15, -0.1) is 11.3 Å². The van der Waals surface area contributed by atoms with Gasteiger partial charge in [0.2, 0.25) is 5.91 Å². The predicted molar refractivity (Wildman–Crippen MR) is 85.5 cm³/mol. The van der Waals surface area contributed by atoms with Crippen molar-refractivity contribution < 1.29 is 9.18 Å². The van der Waals surface area contributed by atoms with Crippen molar-refractivity contribution >= 4 is 23.3 Å². The van der Waals surface area contributed by atoms with Gasteiger partial charge in [-0.1, -0.05) is 38.1 Å². The van der Waals surface area contributed by atoms with Gasteiger partial charge >= 0.3 is 0 Å². The Morgan fingerprint density at radius 2 is 2.00 bits per heavy atom. The molecular formula is C17H18FNOS.